The number of ether oxygens (including phenoxy) is 1. The standard InChI is InChI=1S/C15H13NO5/c17-12-5-1-10(2-6-12)15(20)16-11-3-7-13(8-4-11)21-9-14(18)19/h1-8,17H,9H2,(H,16,20)(H,18,19). The number of aromatic hydroxyl groups is 1. The van der Waals surface area contributed by atoms with Gasteiger partial charge in [0.25, 0.3) is 5.91 Å². The molecule has 0 saturated carbocycles. The van der Waals surface area contributed by atoms with Crippen LogP contribution in [0.1, 0.15) is 10.4 Å². The van der Waals surface area contributed by atoms with Gasteiger partial charge in [-0.25, -0.2) is 4.79 Å². The van der Waals surface area contributed by atoms with E-state index < -0.39 is 12.6 Å². The Labute approximate surface area is 120 Å². The van der Waals surface area contributed by atoms with E-state index in [1.54, 1.807) is 24.3 Å². The molecule has 0 bridgehead atoms. The number of nitrogens with one attached hydrogen (secondary N) is 1. The van der Waals surface area contributed by atoms with Crippen LogP contribution < -0.4 is 10.1 Å². The highest BCUT2D eigenvalue weighted by atomic mass is 16.5. The van der Waals surface area contributed by atoms with Gasteiger partial charge in [0.15, 0.2) is 6.61 Å². The second kappa shape index (κ2) is 6.42. The van der Waals surface area contributed by atoms with E-state index in [2.05, 4.69) is 5.32 Å². The monoisotopic (exact) mass is 287 g/mol. The van der Waals surface area contributed by atoms with Gasteiger partial charge < -0.3 is 20.3 Å². The Morgan fingerprint density at radius 3 is 2.19 bits per heavy atom. The summed E-state index contributed by atoms with van der Waals surface area (Å²) in [6.07, 6.45) is 0. The molecule has 0 radical (unpaired) electrons. The zero-order chi connectivity index (χ0) is 15.2. The number of hydrogen-bond acceptors (Lipinski definition) is 4. The second-order valence-electron chi connectivity index (χ2n) is 4.21. The molecule has 2 aromatic rings. The first-order chi connectivity index (χ1) is 10.0. The predicted octanol–water partition coefficient (Wildman–Crippen LogP) is 2.11. The van der Waals surface area contributed by atoms with Crippen LogP contribution in [-0.4, -0.2) is 28.7 Å². The zero-order valence-corrected chi connectivity index (χ0v) is 10.9. The lowest BCUT2D eigenvalue weighted by atomic mass is 10.2. The lowest BCUT2D eigenvalue weighted by molar-refractivity contribution is -0.139. The third-order valence-corrected chi connectivity index (χ3v) is 2.60. The summed E-state index contributed by atoms with van der Waals surface area (Å²) >= 11 is 0. The van der Waals surface area contributed by atoms with E-state index in [0.717, 1.165) is 0 Å². The first kappa shape index (κ1) is 14.4. The Balaban J connectivity index is 1.98. The van der Waals surface area contributed by atoms with Crippen molar-refractivity contribution in [2.75, 3.05) is 11.9 Å². The lowest BCUT2D eigenvalue weighted by Gasteiger charge is -2.07. The number of amides is 1. The molecule has 0 heterocycles. The van der Waals surface area contributed by atoms with Crippen LogP contribution in [-0.2, 0) is 4.79 Å². The summed E-state index contributed by atoms with van der Waals surface area (Å²) in [5.41, 5.74) is 0.967. The van der Waals surface area contributed by atoms with Crippen LogP contribution in [0.2, 0.25) is 0 Å². The maximum atomic E-state index is 11.9. The van der Waals surface area contributed by atoms with Gasteiger partial charge in [0.2, 0.25) is 0 Å². The van der Waals surface area contributed by atoms with E-state index in [0.29, 0.717) is 17.0 Å². The molecule has 0 atom stereocenters. The summed E-state index contributed by atoms with van der Waals surface area (Å²) in [5.74, 6) is -0.875. The number of phenols is 1. The number of hydrogen-bond donors (Lipinski definition) is 3. The van der Waals surface area contributed by atoms with Gasteiger partial charge in [-0.15, -0.1) is 0 Å². The number of carboxylic acid groups (broad SMARTS) is 1. The van der Waals surface area contributed by atoms with Crippen molar-refractivity contribution in [2.24, 2.45) is 0 Å². The normalized spacial score (nSPS) is 9.90. The van der Waals surface area contributed by atoms with Crippen molar-refractivity contribution >= 4 is 17.6 Å². The number of aliphatic carboxylic acids is 1. The predicted molar refractivity (Wildman–Crippen MR) is 75.6 cm³/mol. The van der Waals surface area contributed by atoms with Gasteiger partial charge in [-0.2, -0.15) is 0 Å². The van der Waals surface area contributed by atoms with Crippen molar-refractivity contribution in [2.45, 2.75) is 0 Å². The van der Waals surface area contributed by atoms with Crippen molar-refractivity contribution in [1.29, 1.82) is 0 Å². The Morgan fingerprint density at radius 1 is 1.00 bits per heavy atom. The van der Waals surface area contributed by atoms with E-state index in [1.165, 1.54) is 24.3 Å². The topological polar surface area (TPSA) is 95.9 Å². The molecule has 1 amide bonds. The fourth-order valence-electron chi connectivity index (χ4n) is 1.60. The summed E-state index contributed by atoms with van der Waals surface area (Å²) in [6, 6.07) is 12.2. The number of benzene rings is 2. The molecule has 108 valence electrons. The maximum Gasteiger partial charge on any atom is 0.341 e. The first-order valence-corrected chi connectivity index (χ1v) is 6.09. The fraction of sp³-hybridized carbons (Fsp3) is 0.0667. The molecule has 6 nitrogen and oxygen atoms in total. The number of carbonyl (C=O) groups excluding carboxylic acids is 1. The molecule has 2 aromatic carbocycles. The molecule has 0 spiro atoms. The molecule has 3 N–H and O–H groups in total. The molecule has 6 heteroatoms. The van der Waals surface area contributed by atoms with Crippen LogP contribution >= 0.6 is 0 Å². The van der Waals surface area contributed by atoms with Crippen LogP contribution in [0, 0.1) is 0 Å². The highest BCUT2D eigenvalue weighted by Crippen LogP contribution is 2.17. The zero-order valence-electron chi connectivity index (χ0n) is 10.9. The Kier molecular flexibility index (Phi) is 4.40. The van der Waals surface area contributed by atoms with E-state index in [9.17, 15) is 9.59 Å². The molecular weight excluding hydrogens is 274 g/mol. The SMILES string of the molecule is O=C(O)COc1ccc(NC(=O)c2ccc(O)cc2)cc1. The van der Waals surface area contributed by atoms with Gasteiger partial charge in [0, 0.05) is 11.3 Å². The summed E-state index contributed by atoms with van der Waals surface area (Å²) in [4.78, 5) is 22.3. The molecule has 0 aliphatic heterocycles. The third kappa shape index (κ3) is 4.24. The highest BCUT2D eigenvalue weighted by Gasteiger charge is 2.06. The van der Waals surface area contributed by atoms with E-state index in [1.807, 2.05) is 0 Å². The minimum Gasteiger partial charge on any atom is -0.508 e. The van der Waals surface area contributed by atoms with Gasteiger partial charge in [-0.1, -0.05) is 0 Å². The van der Waals surface area contributed by atoms with E-state index in [4.69, 9.17) is 14.9 Å². The van der Waals surface area contributed by atoms with Crippen LogP contribution in [0.5, 0.6) is 11.5 Å². The van der Waals surface area contributed by atoms with Gasteiger partial charge in [-0.05, 0) is 48.5 Å². The molecule has 0 aromatic heterocycles. The third-order valence-electron chi connectivity index (χ3n) is 2.60. The summed E-state index contributed by atoms with van der Waals surface area (Å²) in [7, 11) is 0. The van der Waals surface area contributed by atoms with Gasteiger partial charge in [0.05, 0.1) is 0 Å². The van der Waals surface area contributed by atoms with E-state index >= 15 is 0 Å². The van der Waals surface area contributed by atoms with Crippen LogP contribution in [0.4, 0.5) is 5.69 Å². The second-order valence-corrected chi connectivity index (χ2v) is 4.21. The van der Waals surface area contributed by atoms with Crippen molar-refractivity contribution in [1.82, 2.24) is 0 Å². The van der Waals surface area contributed by atoms with Crippen molar-refractivity contribution < 1.29 is 24.5 Å². The van der Waals surface area contributed by atoms with E-state index in [-0.39, 0.29) is 11.7 Å². The van der Waals surface area contributed by atoms with Gasteiger partial charge in [0.1, 0.15) is 11.5 Å². The molecule has 0 aliphatic carbocycles. The average Bonchev–Trinajstić information content (AvgIpc) is 2.47. The largest absolute Gasteiger partial charge is 0.508 e. The molecule has 2 rings (SSSR count). The molecule has 0 unspecified atom stereocenters. The molecule has 0 fully saturated rings. The number of phenolic OH excluding ortho intramolecular Hbond substituents is 1. The van der Waals surface area contributed by atoms with Crippen LogP contribution in [0.25, 0.3) is 0 Å². The van der Waals surface area contributed by atoms with Crippen LogP contribution in [0.15, 0.2) is 48.5 Å². The average molecular weight is 287 g/mol. The van der Waals surface area contributed by atoms with Gasteiger partial charge >= 0.3 is 5.97 Å². The Hall–Kier alpha value is -3.02. The van der Waals surface area contributed by atoms with Gasteiger partial charge in [-0.3, -0.25) is 4.79 Å². The Morgan fingerprint density at radius 2 is 1.62 bits per heavy atom. The molecule has 0 saturated heterocycles. The summed E-state index contributed by atoms with van der Waals surface area (Å²) < 4.78 is 4.99. The van der Waals surface area contributed by atoms with Crippen molar-refractivity contribution in [3.05, 3.63) is 54.1 Å². The fourth-order valence-corrected chi connectivity index (χ4v) is 1.60. The molecule has 0 aliphatic rings. The van der Waals surface area contributed by atoms with Crippen molar-refractivity contribution in [3.8, 4) is 11.5 Å². The summed E-state index contributed by atoms with van der Waals surface area (Å²) in [6.45, 7) is -0.417. The molecular formula is C15H13NO5. The lowest BCUT2D eigenvalue weighted by Crippen LogP contribution is -2.12. The Bertz CT molecular complexity index is 634. The van der Waals surface area contributed by atoms with Crippen LogP contribution in [0.3, 0.4) is 0 Å². The number of rotatable bonds is 5. The number of carboxylic acids is 1. The smallest absolute Gasteiger partial charge is 0.341 e. The minimum atomic E-state index is -1.06. The number of carbonyl (C=O) groups is 2. The highest BCUT2D eigenvalue weighted by molar-refractivity contribution is 6.04. The molecule has 21 heavy (non-hydrogen) atoms. The maximum absolute atomic E-state index is 11.9. The minimum absolute atomic E-state index is 0.0893. The van der Waals surface area contributed by atoms with Crippen molar-refractivity contribution in [3.63, 3.8) is 0 Å². The first-order valence-electron chi connectivity index (χ1n) is 6.09. The quantitative estimate of drug-likeness (QED) is 0.782. The number of anilines is 1. The summed E-state index contributed by atoms with van der Waals surface area (Å²) in [5, 5.41) is 20.3.